The highest BCUT2D eigenvalue weighted by molar-refractivity contribution is 5.98. The molecule has 1 aromatic carbocycles. The molecule has 1 aromatic rings. The second-order valence-electron chi connectivity index (χ2n) is 3.36. The van der Waals surface area contributed by atoms with Gasteiger partial charge in [0.15, 0.2) is 6.61 Å². The molecule has 1 aliphatic rings. The van der Waals surface area contributed by atoms with Crippen LogP contribution >= 0.6 is 0 Å². The van der Waals surface area contributed by atoms with Gasteiger partial charge >= 0.3 is 0 Å². The number of hydrogen-bond donors (Lipinski definition) is 1. The van der Waals surface area contributed by atoms with Crippen LogP contribution in [-0.4, -0.2) is 25.7 Å². The Labute approximate surface area is 90.6 Å². The number of fused-ring (bicyclic) bond motifs is 1. The summed E-state index contributed by atoms with van der Waals surface area (Å²) in [6.45, 7) is -0.973. The molecule has 0 spiro atoms. The Morgan fingerprint density at radius 2 is 2.25 bits per heavy atom. The van der Waals surface area contributed by atoms with E-state index in [0.29, 0.717) is 5.69 Å². The molecular formula is C10H10F2N2O2. The number of carbonyl (C=O) groups excluding carboxylic acids is 1. The van der Waals surface area contributed by atoms with Gasteiger partial charge in [0.1, 0.15) is 18.2 Å². The molecule has 0 aliphatic carbocycles. The van der Waals surface area contributed by atoms with Gasteiger partial charge in [-0.15, -0.1) is 0 Å². The zero-order valence-corrected chi connectivity index (χ0v) is 8.37. The Bertz CT molecular complexity index is 437. The molecule has 6 heteroatoms. The molecule has 86 valence electrons. The van der Waals surface area contributed by atoms with E-state index in [2.05, 4.69) is 0 Å². The molecule has 0 radical (unpaired) electrons. The predicted molar refractivity (Wildman–Crippen MR) is 54.6 cm³/mol. The van der Waals surface area contributed by atoms with Crippen molar-refractivity contribution < 1.29 is 18.3 Å². The van der Waals surface area contributed by atoms with Crippen LogP contribution in [0.4, 0.5) is 20.2 Å². The van der Waals surface area contributed by atoms with Crippen LogP contribution in [0.5, 0.6) is 5.75 Å². The van der Waals surface area contributed by atoms with Crippen molar-refractivity contribution >= 4 is 17.3 Å². The van der Waals surface area contributed by atoms with Crippen LogP contribution in [0, 0.1) is 5.82 Å². The van der Waals surface area contributed by atoms with E-state index in [1.54, 1.807) is 0 Å². The van der Waals surface area contributed by atoms with E-state index in [1.807, 2.05) is 0 Å². The highest BCUT2D eigenvalue weighted by Gasteiger charge is 2.26. The molecule has 0 atom stereocenters. The van der Waals surface area contributed by atoms with Gasteiger partial charge in [-0.2, -0.15) is 0 Å². The van der Waals surface area contributed by atoms with Gasteiger partial charge < -0.3 is 15.4 Å². The fourth-order valence-corrected chi connectivity index (χ4v) is 1.57. The number of alkyl halides is 1. The van der Waals surface area contributed by atoms with Crippen molar-refractivity contribution in [2.45, 2.75) is 0 Å². The third-order valence-electron chi connectivity index (χ3n) is 2.33. The first-order valence-electron chi connectivity index (χ1n) is 4.71. The SMILES string of the molecule is Nc1cc2c(cc1F)OCC(=O)N2CCF. The van der Waals surface area contributed by atoms with Gasteiger partial charge in [-0.05, 0) is 6.07 Å². The van der Waals surface area contributed by atoms with E-state index in [0.717, 1.165) is 6.07 Å². The first-order chi connectivity index (χ1) is 7.63. The quantitative estimate of drug-likeness (QED) is 0.771. The lowest BCUT2D eigenvalue weighted by Gasteiger charge is -2.28. The number of halogens is 2. The lowest BCUT2D eigenvalue weighted by Crippen LogP contribution is -2.40. The molecule has 0 aromatic heterocycles. The van der Waals surface area contributed by atoms with Crippen molar-refractivity contribution in [3.05, 3.63) is 17.9 Å². The number of nitrogens with zero attached hydrogens (tertiary/aromatic N) is 1. The lowest BCUT2D eigenvalue weighted by atomic mass is 10.2. The molecule has 1 amide bonds. The van der Waals surface area contributed by atoms with Gasteiger partial charge in [-0.25, -0.2) is 8.78 Å². The maximum Gasteiger partial charge on any atom is 0.265 e. The summed E-state index contributed by atoms with van der Waals surface area (Å²) in [6, 6.07) is 2.37. The van der Waals surface area contributed by atoms with E-state index in [9.17, 15) is 13.6 Å². The maximum atomic E-state index is 13.1. The largest absolute Gasteiger partial charge is 0.481 e. The van der Waals surface area contributed by atoms with Gasteiger partial charge in [0.25, 0.3) is 5.91 Å². The summed E-state index contributed by atoms with van der Waals surface area (Å²) < 4.78 is 30.5. The molecule has 16 heavy (non-hydrogen) atoms. The minimum absolute atomic E-state index is 0.0831. The molecule has 0 bridgehead atoms. The van der Waals surface area contributed by atoms with Crippen LogP contribution in [0.1, 0.15) is 0 Å². The minimum Gasteiger partial charge on any atom is -0.481 e. The molecule has 0 saturated carbocycles. The molecule has 1 aliphatic heterocycles. The molecule has 0 saturated heterocycles. The summed E-state index contributed by atoms with van der Waals surface area (Å²) in [4.78, 5) is 12.6. The first-order valence-corrected chi connectivity index (χ1v) is 4.71. The summed E-state index contributed by atoms with van der Waals surface area (Å²) in [7, 11) is 0. The third-order valence-corrected chi connectivity index (χ3v) is 2.33. The van der Waals surface area contributed by atoms with Crippen molar-refractivity contribution in [1.29, 1.82) is 0 Å². The third kappa shape index (κ3) is 1.66. The molecule has 2 N–H and O–H groups in total. The molecule has 0 unspecified atom stereocenters. The predicted octanol–water partition coefficient (Wildman–Crippen LogP) is 1.10. The minimum atomic E-state index is -0.678. The standard InChI is InChI=1S/C10H10F2N2O2/c11-1-2-14-8-4-7(13)6(12)3-9(8)16-5-10(14)15/h3-4H,1-2,5,13H2. The number of anilines is 2. The number of hydrogen-bond acceptors (Lipinski definition) is 3. The number of carbonyl (C=O) groups is 1. The van der Waals surface area contributed by atoms with Crippen molar-refractivity contribution in [3.63, 3.8) is 0 Å². The average molecular weight is 228 g/mol. The monoisotopic (exact) mass is 228 g/mol. The van der Waals surface area contributed by atoms with Crippen molar-refractivity contribution in [2.75, 3.05) is 30.5 Å². The van der Waals surface area contributed by atoms with Gasteiger partial charge in [-0.3, -0.25) is 4.79 Å². The summed E-state index contributed by atoms with van der Waals surface area (Å²) >= 11 is 0. The maximum absolute atomic E-state index is 13.1. The normalized spacial score (nSPS) is 14.6. The molecular weight excluding hydrogens is 218 g/mol. The number of ether oxygens (including phenoxy) is 1. The number of benzene rings is 1. The van der Waals surface area contributed by atoms with Crippen molar-refractivity contribution in [3.8, 4) is 5.75 Å². The van der Waals surface area contributed by atoms with Crippen LogP contribution < -0.4 is 15.4 Å². The number of amides is 1. The molecule has 1 heterocycles. The van der Waals surface area contributed by atoms with Crippen LogP contribution in [0.15, 0.2) is 12.1 Å². The smallest absolute Gasteiger partial charge is 0.265 e. The van der Waals surface area contributed by atoms with Gasteiger partial charge in [0, 0.05) is 6.07 Å². The summed E-state index contributed by atoms with van der Waals surface area (Å²) in [5, 5.41) is 0. The van der Waals surface area contributed by atoms with Crippen LogP contribution in [-0.2, 0) is 4.79 Å². The molecule has 4 nitrogen and oxygen atoms in total. The number of nitrogens with two attached hydrogens (primary N) is 1. The van der Waals surface area contributed by atoms with E-state index < -0.39 is 12.5 Å². The fourth-order valence-electron chi connectivity index (χ4n) is 1.57. The number of nitrogen functional groups attached to an aromatic ring is 1. The summed E-state index contributed by atoms with van der Waals surface area (Å²) in [5.41, 5.74) is 5.60. The average Bonchev–Trinajstić information content (AvgIpc) is 2.25. The Hall–Kier alpha value is -1.85. The second-order valence-corrected chi connectivity index (χ2v) is 3.36. The summed E-state index contributed by atoms with van der Waals surface area (Å²) in [5.74, 6) is -0.774. The van der Waals surface area contributed by atoms with Crippen LogP contribution in [0.3, 0.4) is 0 Å². The second kappa shape index (κ2) is 3.96. The Balaban J connectivity index is 2.46. The molecule has 2 rings (SSSR count). The highest BCUT2D eigenvalue weighted by Crippen LogP contribution is 2.35. The van der Waals surface area contributed by atoms with E-state index in [-0.39, 0.29) is 30.5 Å². The van der Waals surface area contributed by atoms with Gasteiger partial charge in [-0.1, -0.05) is 0 Å². The van der Waals surface area contributed by atoms with E-state index in [1.165, 1.54) is 11.0 Å². The first kappa shape index (κ1) is 10.7. The summed E-state index contributed by atoms with van der Waals surface area (Å²) in [6.07, 6.45) is 0. The van der Waals surface area contributed by atoms with Gasteiger partial charge in [0.05, 0.1) is 17.9 Å². The van der Waals surface area contributed by atoms with Crippen molar-refractivity contribution in [1.82, 2.24) is 0 Å². The van der Waals surface area contributed by atoms with Gasteiger partial charge in [0.2, 0.25) is 0 Å². The van der Waals surface area contributed by atoms with E-state index >= 15 is 0 Å². The topological polar surface area (TPSA) is 55.6 Å². The number of rotatable bonds is 2. The Kier molecular flexibility index (Phi) is 2.64. The molecule has 0 fully saturated rings. The lowest BCUT2D eigenvalue weighted by molar-refractivity contribution is -0.121. The van der Waals surface area contributed by atoms with E-state index in [4.69, 9.17) is 10.5 Å². The zero-order valence-electron chi connectivity index (χ0n) is 8.37. The van der Waals surface area contributed by atoms with Crippen LogP contribution in [0.25, 0.3) is 0 Å². The van der Waals surface area contributed by atoms with Crippen molar-refractivity contribution in [2.24, 2.45) is 0 Å². The Morgan fingerprint density at radius 3 is 2.94 bits per heavy atom. The Morgan fingerprint density at radius 1 is 1.50 bits per heavy atom. The fraction of sp³-hybridized carbons (Fsp3) is 0.300. The zero-order chi connectivity index (χ0) is 11.7. The highest BCUT2D eigenvalue weighted by atomic mass is 19.1. The van der Waals surface area contributed by atoms with Crippen LogP contribution in [0.2, 0.25) is 0 Å².